The highest BCUT2D eigenvalue weighted by molar-refractivity contribution is 5.73. The lowest BCUT2D eigenvalue weighted by atomic mass is 10.1. The van der Waals surface area contributed by atoms with Gasteiger partial charge in [0, 0.05) is 38.3 Å². The highest BCUT2D eigenvalue weighted by atomic mass is 16.5. The smallest absolute Gasteiger partial charge is 0.317 e. The van der Waals surface area contributed by atoms with Crippen molar-refractivity contribution >= 4 is 6.03 Å². The Kier molecular flexibility index (Phi) is 4.99. The molecule has 3 rings (SSSR count). The molecule has 1 atom stereocenters. The molecule has 126 valence electrons. The molecule has 1 unspecified atom stereocenters. The molecular formula is C19H23N3O2. The SMILES string of the molecule is Cc1cccnc1CCNC(=O)N(C)CC1Cc2ccccc2O1. The summed E-state index contributed by atoms with van der Waals surface area (Å²) in [4.78, 5) is 18.2. The van der Waals surface area contributed by atoms with Crippen LogP contribution in [0.2, 0.25) is 0 Å². The number of rotatable bonds is 5. The van der Waals surface area contributed by atoms with E-state index < -0.39 is 0 Å². The van der Waals surface area contributed by atoms with E-state index in [-0.39, 0.29) is 12.1 Å². The Bertz CT molecular complexity index is 692. The van der Waals surface area contributed by atoms with Gasteiger partial charge in [0.2, 0.25) is 0 Å². The first-order valence-corrected chi connectivity index (χ1v) is 8.27. The molecule has 1 aliphatic heterocycles. The van der Waals surface area contributed by atoms with E-state index in [1.807, 2.05) is 37.3 Å². The number of pyridine rings is 1. The van der Waals surface area contributed by atoms with Crippen LogP contribution in [0.15, 0.2) is 42.6 Å². The van der Waals surface area contributed by atoms with Gasteiger partial charge in [-0.05, 0) is 30.2 Å². The zero-order chi connectivity index (χ0) is 16.9. The number of hydrogen-bond donors (Lipinski definition) is 1. The van der Waals surface area contributed by atoms with Gasteiger partial charge in [-0.15, -0.1) is 0 Å². The maximum absolute atomic E-state index is 12.2. The normalized spacial score (nSPS) is 15.5. The van der Waals surface area contributed by atoms with Crippen molar-refractivity contribution < 1.29 is 9.53 Å². The fourth-order valence-corrected chi connectivity index (χ4v) is 2.95. The molecule has 1 aliphatic rings. The molecule has 2 amide bonds. The van der Waals surface area contributed by atoms with Crippen molar-refractivity contribution in [3.05, 3.63) is 59.4 Å². The summed E-state index contributed by atoms with van der Waals surface area (Å²) in [6, 6.07) is 11.9. The van der Waals surface area contributed by atoms with Gasteiger partial charge in [0.25, 0.3) is 0 Å². The Labute approximate surface area is 142 Å². The second kappa shape index (κ2) is 7.34. The molecule has 2 heterocycles. The van der Waals surface area contributed by atoms with Crippen molar-refractivity contribution in [3.8, 4) is 5.75 Å². The third-order valence-electron chi connectivity index (χ3n) is 4.29. The van der Waals surface area contributed by atoms with Crippen LogP contribution in [0.25, 0.3) is 0 Å². The van der Waals surface area contributed by atoms with Crippen LogP contribution in [-0.4, -0.2) is 42.2 Å². The van der Waals surface area contributed by atoms with E-state index in [1.54, 1.807) is 18.1 Å². The fraction of sp³-hybridized carbons (Fsp3) is 0.368. The van der Waals surface area contributed by atoms with Gasteiger partial charge in [0.15, 0.2) is 0 Å². The van der Waals surface area contributed by atoms with Crippen molar-refractivity contribution in [2.24, 2.45) is 0 Å². The zero-order valence-corrected chi connectivity index (χ0v) is 14.2. The number of nitrogens with zero attached hydrogens (tertiary/aromatic N) is 2. The predicted molar refractivity (Wildman–Crippen MR) is 93.3 cm³/mol. The van der Waals surface area contributed by atoms with E-state index in [2.05, 4.69) is 16.4 Å². The van der Waals surface area contributed by atoms with Gasteiger partial charge in [0.05, 0.1) is 6.54 Å². The first kappa shape index (κ1) is 16.3. The summed E-state index contributed by atoms with van der Waals surface area (Å²) < 4.78 is 5.89. The molecule has 0 aliphatic carbocycles. The predicted octanol–water partition coefficient (Wildman–Crippen LogP) is 2.58. The molecule has 1 aromatic carbocycles. The number of hydrogen-bond acceptors (Lipinski definition) is 3. The Morgan fingerprint density at radius 3 is 2.96 bits per heavy atom. The molecule has 1 N–H and O–H groups in total. The molecule has 5 nitrogen and oxygen atoms in total. The van der Waals surface area contributed by atoms with Crippen LogP contribution >= 0.6 is 0 Å². The number of aryl methyl sites for hydroxylation is 1. The van der Waals surface area contributed by atoms with Gasteiger partial charge >= 0.3 is 6.03 Å². The monoisotopic (exact) mass is 325 g/mol. The van der Waals surface area contributed by atoms with Crippen molar-refractivity contribution in [2.45, 2.75) is 25.9 Å². The summed E-state index contributed by atoms with van der Waals surface area (Å²) in [5.74, 6) is 0.932. The summed E-state index contributed by atoms with van der Waals surface area (Å²) in [7, 11) is 1.80. The van der Waals surface area contributed by atoms with E-state index in [0.717, 1.165) is 29.8 Å². The number of nitrogens with one attached hydrogen (secondary N) is 1. The Balaban J connectivity index is 1.43. The minimum atomic E-state index is -0.0804. The molecule has 0 radical (unpaired) electrons. The number of urea groups is 1. The molecule has 0 saturated heterocycles. The van der Waals surface area contributed by atoms with Gasteiger partial charge in [-0.25, -0.2) is 4.79 Å². The molecule has 24 heavy (non-hydrogen) atoms. The molecular weight excluding hydrogens is 302 g/mol. The molecule has 5 heteroatoms. The number of para-hydroxylation sites is 1. The number of benzene rings is 1. The Hall–Kier alpha value is -2.56. The number of amides is 2. The standard InChI is InChI=1S/C19H23N3O2/c1-14-6-5-10-20-17(14)9-11-21-19(23)22(2)13-16-12-15-7-3-4-8-18(15)24-16/h3-8,10,16H,9,11-13H2,1-2H3,(H,21,23). The van der Waals surface area contributed by atoms with Gasteiger partial charge in [-0.2, -0.15) is 0 Å². The summed E-state index contributed by atoms with van der Waals surface area (Å²) in [6.45, 7) is 3.18. The maximum atomic E-state index is 12.2. The Morgan fingerprint density at radius 2 is 2.17 bits per heavy atom. The van der Waals surface area contributed by atoms with Crippen LogP contribution in [0.1, 0.15) is 16.8 Å². The van der Waals surface area contributed by atoms with Gasteiger partial charge in [-0.3, -0.25) is 4.98 Å². The average Bonchev–Trinajstić information content (AvgIpc) is 2.98. The lowest BCUT2D eigenvalue weighted by Gasteiger charge is -2.21. The summed E-state index contributed by atoms with van der Waals surface area (Å²) in [5.41, 5.74) is 3.38. The van der Waals surface area contributed by atoms with Crippen LogP contribution in [0.3, 0.4) is 0 Å². The number of carbonyl (C=O) groups excluding carboxylic acids is 1. The molecule has 0 bridgehead atoms. The molecule has 0 fully saturated rings. The summed E-state index contributed by atoms with van der Waals surface area (Å²) in [5, 5.41) is 2.94. The average molecular weight is 325 g/mol. The third-order valence-corrected chi connectivity index (χ3v) is 4.29. The number of aromatic nitrogens is 1. The largest absolute Gasteiger partial charge is 0.488 e. The lowest BCUT2D eigenvalue weighted by Crippen LogP contribution is -2.43. The quantitative estimate of drug-likeness (QED) is 0.919. The number of carbonyl (C=O) groups is 1. The van der Waals surface area contributed by atoms with Crippen molar-refractivity contribution in [1.82, 2.24) is 15.2 Å². The van der Waals surface area contributed by atoms with Crippen LogP contribution in [0.5, 0.6) is 5.75 Å². The second-order valence-corrected chi connectivity index (χ2v) is 6.18. The van der Waals surface area contributed by atoms with E-state index in [1.165, 1.54) is 5.56 Å². The van der Waals surface area contributed by atoms with Crippen molar-refractivity contribution in [3.63, 3.8) is 0 Å². The first-order chi connectivity index (χ1) is 11.6. The zero-order valence-electron chi connectivity index (χ0n) is 14.2. The van der Waals surface area contributed by atoms with Crippen LogP contribution in [0.4, 0.5) is 4.79 Å². The number of ether oxygens (including phenoxy) is 1. The molecule has 0 spiro atoms. The second-order valence-electron chi connectivity index (χ2n) is 6.18. The van der Waals surface area contributed by atoms with Crippen LogP contribution < -0.4 is 10.1 Å². The molecule has 1 aromatic heterocycles. The topological polar surface area (TPSA) is 54.5 Å². The van der Waals surface area contributed by atoms with Gasteiger partial charge in [0.1, 0.15) is 11.9 Å². The first-order valence-electron chi connectivity index (χ1n) is 8.27. The maximum Gasteiger partial charge on any atom is 0.317 e. The van der Waals surface area contributed by atoms with E-state index in [9.17, 15) is 4.79 Å². The highest BCUT2D eigenvalue weighted by Gasteiger charge is 2.24. The number of fused-ring (bicyclic) bond motifs is 1. The molecule has 0 saturated carbocycles. The summed E-state index contributed by atoms with van der Waals surface area (Å²) in [6.07, 6.45) is 3.39. The van der Waals surface area contributed by atoms with Gasteiger partial charge in [-0.1, -0.05) is 24.3 Å². The Morgan fingerprint density at radius 1 is 1.33 bits per heavy atom. The minimum Gasteiger partial charge on any atom is -0.488 e. The lowest BCUT2D eigenvalue weighted by molar-refractivity contribution is 0.164. The number of likely N-dealkylation sites (N-methyl/N-ethyl adjacent to an activating group) is 1. The van der Waals surface area contributed by atoms with E-state index in [0.29, 0.717) is 13.1 Å². The third kappa shape index (κ3) is 3.85. The van der Waals surface area contributed by atoms with E-state index >= 15 is 0 Å². The fourth-order valence-electron chi connectivity index (χ4n) is 2.95. The van der Waals surface area contributed by atoms with Crippen molar-refractivity contribution in [2.75, 3.05) is 20.1 Å². The highest BCUT2D eigenvalue weighted by Crippen LogP contribution is 2.28. The summed E-state index contributed by atoms with van der Waals surface area (Å²) >= 11 is 0. The van der Waals surface area contributed by atoms with Crippen molar-refractivity contribution in [1.29, 1.82) is 0 Å². The molecule has 2 aromatic rings. The van der Waals surface area contributed by atoms with Crippen LogP contribution in [-0.2, 0) is 12.8 Å². The minimum absolute atomic E-state index is 0.0242. The van der Waals surface area contributed by atoms with Crippen LogP contribution in [0, 0.1) is 6.92 Å². The van der Waals surface area contributed by atoms with E-state index in [4.69, 9.17) is 4.74 Å². The van der Waals surface area contributed by atoms with Gasteiger partial charge < -0.3 is 15.0 Å².